The number of carbonyl (C=O) groups excluding carboxylic acids is 1. The van der Waals surface area contributed by atoms with Crippen molar-refractivity contribution in [1.29, 1.82) is 0 Å². The molecule has 0 aromatic rings. The Morgan fingerprint density at radius 2 is 1.86 bits per heavy atom. The Balaban J connectivity index is -0.000000128. The third kappa shape index (κ3) is 22.4. The van der Waals surface area contributed by atoms with Crippen LogP contribution in [0.1, 0.15) is 42.5 Å². The molecule has 0 aliphatic rings. The third-order valence-electron chi connectivity index (χ3n) is 2.07. The van der Waals surface area contributed by atoms with Crippen LogP contribution in [0.5, 0.6) is 0 Å². The molecular formula is C14H38N2NaO5+3. The molecule has 0 radical (unpaired) electrons. The minimum atomic E-state index is -0.405. The van der Waals surface area contributed by atoms with Gasteiger partial charge in [-0.2, -0.15) is 0 Å². The number of hydrogen-bond donors (Lipinski definition) is 3. The molecule has 132 valence electrons. The maximum absolute atomic E-state index is 11.6. The molecule has 5 N–H and O–H groups in total. The SMILES string of the molecule is C.C.C.C.CNC(C[CH+]O[OH2+])C(=O)NCCOCCCO.[Na+]. The second kappa shape index (κ2) is 29.2. The van der Waals surface area contributed by atoms with Crippen LogP contribution in [0.4, 0.5) is 0 Å². The van der Waals surface area contributed by atoms with Crippen molar-refractivity contribution in [2.45, 2.75) is 48.6 Å². The Morgan fingerprint density at radius 1 is 1.27 bits per heavy atom. The Morgan fingerprint density at radius 3 is 2.32 bits per heavy atom. The van der Waals surface area contributed by atoms with Crippen molar-refractivity contribution in [3.05, 3.63) is 6.61 Å². The number of rotatable bonds is 11. The van der Waals surface area contributed by atoms with E-state index in [1.807, 2.05) is 0 Å². The van der Waals surface area contributed by atoms with Gasteiger partial charge in [-0.05, 0) is 13.5 Å². The molecule has 0 aromatic carbocycles. The smallest absolute Gasteiger partial charge is 0.396 e. The predicted molar refractivity (Wildman–Crippen MR) is 88.9 cm³/mol. The quantitative estimate of drug-likeness (QED) is 0.0996. The number of likely N-dealkylation sites (N-methyl/N-ethyl adjacent to an activating group) is 1. The first-order chi connectivity index (χ1) is 8.26. The molecule has 0 aromatic heterocycles. The largest absolute Gasteiger partial charge is 1.00 e. The molecule has 0 bridgehead atoms. The van der Waals surface area contributed by atoms with Crippen LogP contribution in [0.15, 0.2) is 0 Å². The van der Waals surface area contributed by atoms with Crippen molar-refractivity contribution in [2.24, 2.45) is 0 Å². The van der Waals surface area contributed by atoms with Gasteiger partial charge in [0.2, 0.25) is 5.91 Å². The van der Waals surface area contributed by atoms with Gasteiger partial charge in [0.1, 0.15) is 6.04 Å². The summed E-state index contributed by atoms with van der Waals surface area (Å²) < 4.78 is 5.16. The average Bonchev–Trinajstić information content (AvgIpc) is 2.34. The van der Waals surface area contributed by atoms with Gasteiger partial charge in [0, 0.05) is 19.8 Å². The summed E-state index contributed by atoms with van der Waals surface area (Å²) in [6.07, 6.45) is 0.931. The first-order valence-electron chi connectivity index (χ1n) is 5.53. The van der Waals surface area contributed by atoms with E-state index in [0.29, 0.717) is 32.6 Å². The fraction of sp³-hybridized carbons (Fsp3) is 0.857. The zero-order valence-electron chi connectivity index (χ0n) is 11.1. The van der Waals surface area contributed by atoms with Crippen molar-refractivity contribution >= 4 is 5.91 Å². The standard InChI is InChI=1S/C10H20N2O5.4CH4.Na/c1-11-9(3-7-17-15)10(14)12-4-8-16-6-2-5-13;;;;;/h7,9,11,13H,2-6,8H2,1H3,(H-,12,14,15);4*1H4;/q;;;;;+1/p+2. The normalized spacial score (nSPS) is 9.41. The topological polar surface area (TPSA) is 103 Å². The zero-order chi connectivity index (χ0) is 12.9. The molecule has 0 spiro atoms. The van der Waals surface area contributed by atoms with Crippen LogP contribution >= 0.6 is 0 Å². The van der Waals surface area contributed by atoms with Crippen LogP contribution in [0.25, 0.3) is 0 Å². The molecular weight excluding hydrogens is 299 g/mol. The maximum atomic E-state index is 11.6. The fourth-order valence-electron chi connectivity index (χ4n) is 1.14. The van der Waals surface area contributed by atoms with E-state index in [4.69, 9.17) is 15.1 Å². The van der Waals surface area contributed by atoms with Crippen LogP contribution in [-0.4, -0.2) is 55.7 Å². The number of aliphatic hydroxyl groups excluding tert-OH is 1. The Labute approximate surface area is 159 Å². The first kappa shape index (κ1) is 38.0. The minimum absolute atomic E-state index is 0. The van der Waals surface area contributed by atoms with E-state index < -0.39 is 6.04 Å². The van der Waals surface area contributed by atoms with E-state index in [2.05, 4.69) is 15.5 Å². The van der Waals surface area contributed by atoms with E-state index in [1.165, 1.54) is 6.61 Å². The predicted octanol–water partition coefficient (Wildman–Crippen LogP) is -2.15. The molecule has 0 rings (SSSR count). The number of nitrogens with one attached hydrogen (secondary N) is 2. The summed E-state index contributed by atoms with van der Waals surface area (Å²) in [5, 5.41) is 20.5. The first-order valence-corrected chi connectivity index (χ1v) is 5.53. The summed E-state index contributed by atoms with van der Waals surface area (Å²) >= 11 is 0. The molecule has 0 fully saturated rings. The molecule has 1 atom stereocenters. The van der Waals surface area contributed by atoms with Crippen molar-refractivity contribution in [2.75, 3.05) is 33.4 Å². The van der Waals surface area contributed by atoms with Crippen LogP contribution in [0.3, 0.4) is 0 Å². The van der Waals surface area contributed by atoms with Gasteiger partial charge in [0.15, 0.2) is 6.42 Å². The summed E-state index contributed by atoms with van der Waals surface area (Å²) in [4.78, 5) is 15.6. The molecule has 0 heterocycles. The summed E-state index contributed by atoms with van der Waals surface area (Å²) in [5.74, 6) is -0.161. The molecule has 7 nitrogen and oxygen atoms in total. The molecule has 22 heavy (non-hydrogen) atoms. The minimum Gasteiger partial charge on any atom is -0.396 e. The van der Waals surface area contributed by atoms with Crippen molar-refractivity contribution in [3.63, 3.8) is 0 Å². The molecule has 8 heteroatoms. The van der Waals surface area contributed by atoms with E-state index in [0.717, 1.165) is 0 Å². The van der Waals surface area contributed by atoms with Gasteiger partial charge in [-0.15, -0.1) is 0 Å². The van der Waals surface area contributed by atoms with Gasteiger partial charge in [-0.3, -0.25) is 4.79 Å². The number of carbonyl (C=O) groups is 1. The molecule has 0 aliphatic heterocycles. The Hall–Kier alpha value is 0.140. The van der Waals surface area contributed by atoms with Crippen molar-refractivity contribution < 1.29 is 54.3 Å². The van der Waals surface area contributed by atoms with Gasteiger partial charge in [0.05, 0.1) is 11.5 Å². The van der Waals surface area contributed by atoms with E-state index in [9.17, 15) is 4.79 Å². The third-order valence-corrected chi connectivity index (χ3v) is 2.07. The van der Waals surface area contributed by atoms with E-state index >= 15 is 0 Å². The zero-order valence-corrected chi connectivity index (χ0v) is 13.1. The van der Waals surface area contributed by atoms with Gasteiger partial charge >= 0.3 is 36.2 Å². The number of amides is 1. The number of hydrogen-bond acceptors (Lipinski definition) is 5. The number of aliphatic hydroxyl groups is 1. The van der Waals surface area contributed by atoms with Crippen LogP contribution in [0, 0.1) is 6.61 Å². The Kier molecular flexibility index (Phi) is 50.4. The van der Waals surface area contributed by atoms with Gasteiger partial charge in [-0.25, -0.2) is 5.26 Å². The summed E-state index contributed by atoms with van der Waals surface area (Å²) in [5.41, 5.74) is 0. The van der Waals surface area contributed by atoms with Crippen molar-refractivity contribution in [1.82, 2.24) is 10.6 Å². The average molecular weight is 337 g/mol. The fourth-order valence-corrected chi connectivity index (χ4v) is 1.14. The molecule has 1 amide bonds. The Bertz CT molecular complexity index is 200. The summed E-state index contributed by atoms with van der Waals surface area (Å²) in [6, 6.07) is -0.405. The molecule has 0 saturated carbocycles. The second-order valence-corrected chi connectivity index (χ2v) is 3.34. The van der Waals surface area contributed by atoms with Crippen molar-refractivity contribution in [3.8, 4) is 0 Å². The molecule has 1 unspecified atom stereocenters. The van der Waals surface area contributed by atoms with E-state index in [1.54, 1.807) is 7.05 Å². The number of ether oxygens (including phenoxy) is 1. The van der Waals surface area contributed by atoms with Crippen LogP contribution < -0.4 is 40.2 Å². The second-order valence-electron chi connectivity index (χ2n) is 3.34. The van der Waals surface area contributed by atoms with Gasteiger partial charge in [0.25, 0.3) is 0 Å². The molecule has 0 saturated heterocycles. The monoisotopic (exact) mass is 337 g/mol. The maximum Gasteiger partial charge on any atom is 1.00 e. The summed E-state index contributed by atoms with van der Waals surface area (Å²) in [6.45, 7) is 2.68. The van der Waals surface area contributed by atoms with E-state index in [-0.39, 0.29) is 71.8 Å². The van der Waals surface area contributed by atoms with Crippen LogP contribution in [-0.2, 0) is 14.4 Å². The van der Waals surface area contributed by atoms with Gasteiger partial charge < -0.3 is 20.5 Å². The van der Waals surface area contributed by atoms with Gasteiger partial charge in [-0.1, -0.05) is 29.7 Å². The van der Waals surface area contributed by atoms with Crippen LogP contribution in [0.2, 0.25) is 0 Å². The summed E-state index contributed by atoms with van der Waals surface area (Å²) in [7, 11) is 1.67. The molecule has 0 aliphatic carbocycles.